The zero-order valence-electron chi connectivity index (χ0n) is 10.4. The first kappa shape index (κ1) is 11.5. The summed E-state index contributed by atoms with van der Waals surface area (Å²) in [6.07, 6.45) is 3.43. The van der Waals surface area contributed by atoms with Crippen LogP contribution in [0.3, 0.4) is 0 Å². The normalized spacial score (nSPS) is 10.6. The predicted octanol–water partition coefficient (Wildman–Crippen LogP) is 2.57. The molecule has 4 nitrogen and oxygen atoms in total. The van der Waals surface area contributed by atoms with Crippen molar-refractivity contribution in [3.8, 4) is 5.75 Å². The van der Waals surface area contributed by atoms with Gasteiger partial charge < -0.3 is 4.74 Å². The number of carbonyl (C=O) groups excluding carboxylic acids is 1. The van der Waals surface area contributed by atoms with Crippen molar-refractivity contribution in [3.05, 3.63) is 66.1 Å². The van der Waals surface area contributed by atoms with Crippen LogP contribution < -0.4 is 4.74 Å². The van der Waals surface area contributed by atoms with Crippen LogP contribution in [0.25, 0.3) is 5.65 Å². The molecular formula is C15H12N2O2. The van der Waals surface area contributed by atoms with E-state index in [1.165, 1.54) is 0 Å². The molecule has 0 aliphatic heterocycles. The second-order valence-corrected chi connectivity index (χ2v) is 4.13. The maximum Gasteiger partial charge on any atom is 0.211 e. The van der Waals surface area contributed by atoms with Gasteiger partial charge in [-0.15, -0.1) is 0 Å². The van der Waals surface area contributed by atoms with Crippen molar-refractivity contribution < 1.29 is 9.53 Å². The Bertz CT molecular complexity index is 729. The van der Waals surface area contributed by atoms with Crippen LogP contribution in [0.15, 0.2) is 54.9 Å². The van der Waals surface area contributed by atoms with Gasteiger partial charge in [0.1, 0.15) is 17.1 Å². The standard InChI is InChI=1S/C15H12N2O2/c1-19-12-7-5-11(6-8-12)15(18)13-10-16-14-4-2-3-9-17(13)14/h2-10H,1H3. The second-order valence-electron chi connectivity index (χ2n) is 4.13. The molecule has 2 heterocycles. The van der Waals surface area contributed by atoms with Gasteiger partial charge in [0.25, 0.3) is 0 Å². The number of methoxy groups -OCH3 is 1. The van der Waals surface area contributed by atoms with Crippen LogP contribution in [-0.4, -0.2) is 22.3 Å². The smallest absolute Gasteiger partial charge is 0.211 e. The molecule has 0 fully saturated rings. The van der Waals surface area contributed by atoms with Crippen LogP contribution in [0.2, 0.25) is 0 Å². The van der Waals surface area contributed by atoms with E-state index in [9.17, 15) is 4.79 Å². The molecule has 2 aromatic heterocycles. The van der Waals surface area contributed by atoms with Gasteiger partial charge >= 0.3 is 0 Å². The number of hydrogen-bond acceptors (Lipinski definition) is 3. The van der Waals surface area contributed by atoms with Gasteiger partial charge in [-0.2, -0.15) is 0 Å². The topological polar surface area (TPSA) is 43.6 Å². The van der Waals surface area contributed by atoms with Gasteiger partial charge in [0.2, 0.25) is 5.78 Å². The molecule has 0 radical (unpaired) electrons. The Hall–Kier alpha value is -2.62. The molecule has 0 unspecified atom stereocenters. The van der Waals surface area contributed by atoms with Crippen molar-refractivity contribution in [1.29, 1.82) is 0 Å². The van der Waals surface area contributed by atoms with Gasteiger partial charge in [-0.1, -0.05) is 6.07 Å². The number of pyridine rings is 1. The first-order chi connectivity index (χ1) is 9.29. The first-order valence-electron chi connectivity index (χ1n) is 5.90. The fraction of sp³-hybridized carbons (Fsp3) is 0.0667. The molecule has 1 aromatic carbocycles. The van der Waals surface area contributed by atoms with Crippen LogP contribution in [0, 0.1) is 0 Å². The highest BCUT2D eigenvalue weighted by atomic mass is 16.5. The molecule has 3 aromatic rings. The maximum absolute atomic E-state index is 12.4. The third kappa shape index (κ3) is 1.97. The minimum atomic E-state index is -0.0543. The van der Waals surface area contributed by atoms with Crippen LogP contribution in [0.4, 0.5) is 0 Å². The van der Waals surface area contributed by atoms with Crippen molar-refractivity contribution in [2.24, 2.45) is 0 Å². The number of nitrogens with zero attached hydrogens (tertiary/aromatic N) is 2. The van der Waals surface area contributed by atoms with Gasteiger partial charge in [-0.05, 0) is 36.4 Å². The van der Waals surface area contributed by atoms with Gasteiger partial charge in [0.15, 0.2) is 0 Å². The minimum absolute atomic E-state index is 0.0543. The molecule has 0 atom stereocenters. The fourth-order valence-corrected chi connectivity index (χ4v) is 1.99. The molecule has 0 spiro atoms. The van der Waals surface area contributed by atoms with Crippen LogP contribution in [0.5, 0.6) is 5.75 Å². The zero-order chi connectivity index (χ0) is 13.2. The van der Waals surface area contributed by atoms with E-state index < -0.39 is 0 Å². The van der Waals surface area contributed by atoms with Crippen LogP contribution in [-0.2, 0) is 0 Å². The summed E-state index contributed by atoms with van der Waals surface area (Å²) in [6, 6.07) is 12.7. The molecule has 4 heteroatoms. The molecule has 0 bridgehead atoms. The molecule has 0 aliphatic rings. The second kappa shape index (κ2) is 4.57. The molecule has 0 N–H and O–H groups in total. The van der Waals surface area contributed by atoms with Crippen molar-refractivity contribution in [2.45, 2.75) is 0 Å². The summed E-state index contributed by atoms with van der Waals surface area (Å²) >= 11 is 0. The molecule has 0 amide bonds. The summed E-state index contributed by atoms with van der Waals surface area (Å²) < 4.78 is 6.87. The van der Waals surface area contributed by atoms with E-state index in [1.807, 2.05) is 24.4 Å². The highest BCUT2D eigenvalue weighted by molar-refractivity contribution is 6.08. The quantitative estimate of drug-likeness (QED) is 0.673. The zero-order valence-corrected chi connectivity index (χ0v) is 10.4. The summed E-state index contributed by atoms with van der Waals surface area (Å²) in [5.41, 5.74) is 1.94. The van der Waals surface area contributed by atoms with E-state index in [0.717, 1.165) is 11.4 Å². The summed E-state index contributed by atoms with van der Waals surface area (Å²) in [6.45, 7) is 0. The monoisotopic (exact) mass is 252 g/mol. The molecule has 0 saturated carbocycles. The Balaban J connectivity index is 2.03. The lowest BCUT2D eigenvalue weighted by Gasteiger charge is -2.03. The Labute approximate surface area is 110 Å². The lowest BCUT2D eigenvalue weighted by Crippen LogP contribution is -2.04. The van der Waals surface area contributed by atoms with Gasteiger partial charge in [0.05, 0.1) is 13.3 Å². The van der Waals surface area contributed by atoms with E-state index in [0.29, 0.717) is 11.3 Å². The third-order valence-electron chi connectivity index (χ3n) is 3.00. The average Bonchev–Trinajstić information content (AvgIpc) is 2.90. The molecule has 0 aliphatic carbocycles. The van der Waals surface area contributed by atoms with Gasteiger partial charge in [-0.3, -0.25) is 9.20 Å². The van der Waals surface area contributed by atoms with E-state index in [2.05, 4.69) is 4.98 Å². The van der Waals surface area contributed by atoms with E-state index >= 15 is 0 Å². The number of ketones is 1. The summed E-state index contributed by atoms with van der Waals surface area (Å²) in [5, 5.41) is 0. The molecular weight excluding hydrogens is 240 g/mol. The Kier molecular flexibility index (Phi) is 2.76. The van der Waals surface area contributed by atoms with Crippen LogP contribution in [0.1, 0.15) is 16.1 Å². The average molecular weight is 252 g/mol. The van der Waals surface area contributed by atoms with Gasteiger partial charge in [0, 0.05) is 11.8 Å². The Morgan fingerprint density at radius 3 is 2.68 bits per heavy atom. The lowest BCUT2D eigenvalue weighted by molar-refractivity contribution is 0.103. The van der Waals surface area contributed by atoms with Gasteiger partial charge in [-0.25, -0.2) is 4.98 Å². The van der Waals surface area contributed by atoms with Crippen molar-refractivity contribution in [2.75, 3.05) is 7.11 Å². The number of rotatable bonds is 3. The summed E-state index contributed by atoms with van der Waals surface area (Å²) in [7, 11) is 1.60. The highest BCUT2D eigenvalue weighted by Crippen LogP contribution is 2.16. The van der Waals surface area contributed by atoms with Crippen molar-refractivity contribution >= 4 is 11.4 Å². The third-order valence-corrected chi connectivity index (χ3v) is 3.00. The molecule has 3 rings (SSSR count). The summed E-state index contributed by atoms with van der Waals surface area (Å²) in [4.78, 5) is 16.6. The number of fused-ring (bicyclic) bond motifs is 1. The SMILES string of the molecule is COc1ccc(C(=O)c2cnc3ccccn23)cc1. The number of imidazole rings is 1. The highest BCUT2D eigenvalue weighted by Gasteiger charge is 2.13. The van der Waals surface area contributed by atoms with E-state index in [1.54, 1.807) is 42.0 Å². The number of aromatic nitrogens is 2. The predicted molar refractivity (Wildman–Crippen MR) is 71.6 cm³/mol. The number of carbonyl (C=O) groups is 1. The summed E-state index contributed by atoms with van der Waals surface area (Å²) in [5.74, 6) is 0.677. The fourth-order valence-electron chi connectivity index (χ4n) is 1.99. The molecule has 19 heavy (non-hydrogen) atoms. The van der Waals surface area contributed by atoms with E-state index in [-0.39, 0.29) is 5.78 Å². The Morgan fingerprint density at radius 2 is 1.95 bits per heavy atom. The van der Waals surface area contributed by atoms with Crippen LogP contribution >= 0.6 is 0 Å². The number of benzene rings is 1. The Morgan fingerprint density at radius 1 is 1.16 bits per heavy atom. The number of ether oxygens (including phenoxy) is 1. The van der Waals surface area contributed by atoms with E-state index in [4.69, 9.17) is 4.74 Å². The minimum Gasteiger partial charge on any atom is -0.497 e. The lowest BCUT2D eigenvalue weighted by atomic mass is 10.1. The largest absolute Gasteiger partial charge is 0.497 e. The van der Waals surface area contributed by atoms with Crippen molar-refractivity contribution in [1.82, 2.24) is 9.38 Å². The van der Waals surface area contributed by atoms with Crippen molar-refractivity contribution in [3.63, 3.8) is 0 Å². The first-order valence-corrected chi connectivity index (χ1v) is 5.90. The molecule has 0 saturated heterocycles. The molecule has 94 valence electrons. The maximum atomic E-state index is 12.4. The number of hydrogen-bond donors (Lipinski definition) is 0.